The lowest BCUT2D eigenvalue weighted by Gasteiger charge is -2.06. The highest BCUT2D eigenvalue weighted by Crippen LogP contribution is 2.12. The molecule has 1 aromatic carbocycles. The van der Waals surface area contributed by atoms with Gasteiger partial charge in [0.25, 0.3) is 0 Å². The number of rotatable bonds is 4. The second-order valence-corrected chi connectivity index (χ2v) is 4.07. The fourth-order valence-corrected chi connectivity index (χ4v) is 1.64. The van der Waals surface area contributed by atoms with Gasteiger partial charge in [0, 0.05) is 6.42 Å². The maximum atomic E-state index is 5.63. The Morgan fingerprint density at radius 3 is 2.72 bits per heavy atom. The van der Waals surface area contributed by atoms with Crippen LogP contribution >= 0.6 is 0 Å². The smallest absolute Gasteiger partial charge is 0.223 e. The zero-order valence-electron chi connectivity index (χ0n) is 10.6. The van der Waals surface area contributed by atoms with Crippen LogP contribution < -0.4 is 10.5 Å². The second-order valence-electron chi connectivity index (χ2n) is 4.07. The van der Waals surface area contributed by atoms with Crippen LogP contribution in [0.25, 0.3) is 0 Å². The fraction of sp³-hybridized carbons (Fsp3) is 0.308. The van der Waals surface area contributed by atoms with E-state index >= 15 is 0 Å². The summed E-state index contributed by atoms with van der Waals surface area (Å²) < 4.78 is 5.63. The van der Waals surface area contributed by atoms with Crippen LogP contribution in [-0.2, 0) is 6.42 Å². The molecule has 0 radical (unpaired) electrons. The van der Waals surface area contributed by atoms with Gasteiger partial charge < -0.3 is 10.5 Å². The van der Waals surface area contributed by atoms with Crippen molar-refractivity contribution in [1.29, 1.82) is 0 Å². The molecule has 0 aliphatic rings. The van der Waals surface area contributed by atoms with Crippen LogP contribution in [0.15, 0.2) is 24.3 Å². The molecule has 0 fully saturated rings. The van der Waals surface area contributed by atoms with Gasteiger partial charge in [-0.2, -0.15) is 9.97 Å². The maximum Gasteiger partial charge on any atom is 0.223 e. The summed E-state index contributed by atoms with van der Waals surface area (Å²) in [5.41, 5.74) is 6.73. The van der Waals surface area contributed by atoms with E-state index in [9.17, 15) is 0 Å². The molecule has 0 aliphatic heterocycles. The van der Waals surface area contributed by atoms with E-state index in [1.165, 1.54) is 5.56 Å². The van der Waals surface area contributed by atoms with E-state index in [0.29, 0.717) is 24.7 Å². The quantitative estimate of drug-likeness (QED) is 0.886. The summed E-state index contributed by atoms with van der Waals surface area (Å²) in [7, 11) is 0. The number of hydrogen-bond donors (Lipinski definition) is 1. The zero-order chi connectivity index (χ0) is 13.0. The van der Waals surface area contributed by atoms with Crippen LogP contribution in [0.3, 0.4) is 0 Å². The summed E-state index contributed by atoms with van der Waals surface area (Å²) in [5.74, 6) is 2.41. The standard InChI is InChI=1S/C13H16N4O/c1-9-4-3-5-11(8-9)18-7-6-12-15-10(2)16-13(14)17-12/h3-5,8H,6-7H2,1-2H3,(H2,14,15,16,17). The minimum atomic E-state index is 0.257. The summed E-state index contributed by atoms with van der Waals surface area (Å²) >= 11 is 0. The first-order valence-corrected chi connectivity index (χ1v) is 5.80. The van der Waals surface area contributed by atoms with Crippen molar-refractivity contribution in [2.75, 3.05) is 12.3 Å². The highest BCUT2D eigenvalue weighted by molar-refractivity contribution is 5.27. The third-order valence-corrected chi connectivity index (χ3v) is 2.39. The fourth-order valence-electron chi connectivity index (χ4n) is 1.64. The topological polar surface area (TPSA) is 73.9 Å². The Morgan fingerprint density at radius 2 is 2.00 bits per heavy atom. The largest absolute Gasteiger partial charge is 0.493 e. The zero-order valence-corrected chi connectivity index (χ0v) is 10.6. The first kappa shape index (κ1) is 12.3. The molecule has 1 heterocycles. The van der Waals surface area contributed by atoms with Crippen molar-refractivity contribution >= 4 is 5.95 Å². The lowest BCUT2D eigenvalue weighted by Crippen LogP contribution is -2.09. The normalized spacial score (nSPS) is 10.3. The minimum Gasteiger partial charge on any atom is -0.493 e. The molecule has 0 spiro atoms. The summed E-state index contributed by atoms with van der Waals surface area (Å²) in [6.07, 6.45) is 0.613. The molecule has 18 heavy (non-hydrogen) atoms. The molecule has 0 saturated carbocycles. The van der Waals surface area contributed by atoms with E-state index in [4.69, 9.17) is 10.5 Å². The summed E-state index contributed by atoms with van der Waals surface area (Å²) in [5, 5.41) is 0. The van der Waals surface area contributed by atoms with Crippen LogP contribution in [-0.4, -0.2) is 21.6 Å². The van der Waals surface area contributed by atoms with Crippen molar-refractivity contribution < 1.29 is 4.74 Å². The van der Waals surface area contributed by atoms with E-state index < -0.39 is 0 Å². The molecule has 1 aromatic heterocycles. The Bertz CT molecular complexity index is 522. The van der Waals surface area contributed by atoms with Gasteiger partial charge in [0.15, 0.2) is 0 Å². The van der Waals surface area contributed by atoms with Gasteiger partial charge in [-0.05, 0) is 31.5 Å². The Balaban J connectivity index is 1.92. The molecule has 5 nitrogen and oxygen atoms in total. The van der Waals surface area contributed by atoms with Gasteiger partial charge >= 0.3 is 0 Å². The molecule has 5 heteroatoms. The van der Waals surface area contributed by atoms with Crippen LogP contribution in [0.2, 0.25) is 0 Å². The number of nitrogens with zero attached hydrogens (tertiary/aromatic N) is 3. The minimum absolute atomic E-state index is 0.257. The molecule has 0 aliphatic carbocycles. The van der Waals surface area contributed by atoms with Crippen LogP contribution in [0.1, 0.15) is 17.2 Å². The molecular weight excluding hydrogens is 228 g/mol. The SMILES string of the molecule is Cc1cccc(OCCc2nc(C)nc(N)n2)c1. The van der Waals surface area contributed by atoms with Crippen LogP contribution in [0.5, 0.6) is 5.75 Å². The average molecular weight is 244 g/mol. The first-order valence-electron chi connectivity index (χ1n) is 5.80. The predicted octanol–water partition coefficient (Wildman–Crippen LogP) is 1.69. The maximum absolute atomic E-state index is 5.63. The van der Waals surface area contributed by atoms with Crippen molar-refractivity contribution in [3.63, 3.8) is 0 Å². The van der Waals surface area contributed by atoms with Gasteiger partial charge in [0.2, 0.25) is 5.95 Å². The van der Waals surface area contributed by atoms with Gasteiger partial charge in [-0.25, -0.2) is 4.98 Å². The van der Waals surface area contributed by atoms with Gasteiger partial charge in [-0.15, -0.1) is 0 Å². The monoisotopic (exact) mass is 244 g/mol. The van der Waals surface area contributed by atoms with E-state index in [2.05, 4.69) is 15.0 Å². The third-order valence-electron chi connectivity index (χ3n) is 2.39. The Morgan fingerprint density at radius 1 is 1.17 bits per heavy atom. The van der Waals surface area contributed by atoms with Crippen molar-refractivity contribution in [3.05, 3.63) is 41.5 Å². The number of nitrogens with two attached hydrogens (primary N) is 1. The van der Waals surface area contributed by atoms with Gasteiger partial charge in [-0.3, -0.25) is 0 Å². The van der Waals surface area contributed by atoms with Gasteiger partial charge in [-0.1, -0.05) is 12.1 Å². The summed E-state index contributed by atoms with van der Waals surface area (Å²) in [6.45, 7) is 4.35. The van der Waals surface area contributed by atoms with Gasteiger partial charge in [0.1, 0.15) is 17.4 Å². The summed E-state index contributed by atoms with van der Waals surface area (Å²) in [6, 6.07) is 7.92. The number of anilines is 1. The Kier molecular flexibility index (Phi) is 3.72. The molecule has 0 saturated heterocycles. The van der Waals surface area contributed by atoms with E-state index in [1.807, 2.05) is 31.2 Å². The average Bonchev–Trinajstić information content (AvgIpc) is 2.27. The van der Waals surface area contributed by atoms with E-state index in [-0.39, 0.29) is 5.95 Å². The Hall–Kier alpha value is -2.17. The number of aromatic nitrogens is 3. The Labute approximate surface area is 106 Å². The van der Waals surface area contributed by atoms with Crippen molar-refractivity contribution in [2.45, 2.75) is 20.3 Å². The third kappa shape index (κ3) is 3.41. The molecule has 2 rings (SSSR count). The molecule has 94 valence electrons. The number of ether oxygens (including phenoxy) is 1. The lowest BCUT2D eigenvalue weighted by atomic mass is 10.2. The van der Waals surface area contributed by atoms with Crippen LogP contribution in [0, 0.1) is 13.8 Å². The number of benzene rings is 1. The molecule has 0 bridgehead atoms. The number of nitrogen functional groups attached to an aromatic ring is 1. The summed E-state index contributed by atoms with van der Waals surface area (Å²) in [4.78, 5) is 12.2. The molecule has 0 atom stereocenters. The number of aryl methyl sites for hydroxylation is 2. The van der Waals surface area contributed by atoms with Crippen molar-refractivity contribution in [1.82, 2.24) is 15.0 Å². The molecule has 2 aromatic rings. The molecule has 0 amide bonds. The molecular formula is C13H16N4O. The number of hydrogen-bond acceptors (Lipinski definition) is 5. The predicted molar refractivity (Wildman–Crippen MR) is 69.4 cm³/mol. The van der Waals surface area contributed by atoms with Gasteiger partial charge in [0.05, 0.1) is 6.61 Å². The second kappa shape index (κ2) is 5.44. The van der Waals surface area contributed by atoms with Crippen molar-refractivity contribution in [3.8, 4) is 5.75 Å². The molecule has 0 unspecified atom stereocenters. The highest BCUT2D eigenvalue weighted by Gasteiger charge is 2.02. The van der Waals surface area contributed by atoms with E-state index in [0.717, 1.165) is 5.75 Å². The first-order chi connectivity index (χ1) is 8.63. The van der Waals surface area contributed by atoms with E-state index in [1.54, 1.807) is 6.92 Å². The molecule has 2 N–H and O–H groups in total. The highest BCUT2D eigenvalue weighted by atomic mass is 16.5. The van der Waals surface area contributed by atoms with Crippen molar-refractivity contribution in [2.24, 2.45) is 0 Å². The van der Waals surface area contributed by atoms with Crippen LogP contribution in [0.4, 0.5) is 5.95 Å². The lowest BCUT2D eigenvalue weighted by molar-refractivity contribution is 0.318.